The fraction of sp³-hybridized carbons (Fsp3) is 0.372. The number of ketones is 1. The Balaban J connectivity index is 0.000000140. The van der Waals surface area contributed by atoms with Gasteiger partial charge in [-0.3, -0.25) is 19.3 Å². The molecule has 8 amide bonds. The minimum Gasteiger partial charge on any atom is -0.391 e. The number of amides is 8. The van der Waals surface area contributed by atoms with Gasteiger partial charge in [0.05, 0.1) is 52.9 Å². The van der Waals surface area contributed by atoms with E-state index in [-0.39, 0.29) is 64.5 Å². The summed E-state index contributed by atoms with van der Waals surface area (Å²) >= 11 is 6.26. The Morgan fingerprint density at radius 2 is 1.24 bits per heavy atom. The van der Waals surface area contributed by atoms with E-state index in [4.69, 9.17) is 22.1 Å². The van der Waals surface area contributed by atoms with Crippen LogP contribution in [0.25, 0.3) is 0 Å². The average molecular weight is 864 g/mol. The first-order chi connectivity index (χ1) is 29.5. The molecule has 6 heterocycles. The smallest absolute Gasteiger partial charge is 0.332 e. The second-order valence-corrected chi connectivity index (χ2v) is 16.0. The van der Waals surface area contributed by atoms with Crippen LogP contribution in [0.15, 0.2) is 36.4 Å². The zero-order valence-electron chi connectivity index (χ0n) is 33.9. The number of hydrogen-bond acceptors (Lipinski definition) is 11. The average Bonchev–Trinajstić information content (AvgIpc) is 4.09. The molecule has 0 aliphatic carbocycles. The standard InChI is InChI=1S/C15H10N4O3.C14H17ClN2O2.C14H12FN3O3/c1-8-10(7-17)9(6-16)2-3-11(8)19-14(21)13-12(20)4-5-18(13)15(19)22;1-8-3-4-10(9(2)13(8)15)17-7-11-12(18)5-6-16(11)14(17)19;1-7-9(3-2-8(6-16)11(7)15)18-13(20)12-10(19)4-5-17(12)14(18)21/h2-3,13H,4-5H2,1H3;3-4,11-12,18H,5-7H2,1-2H3;2-3,10,12,19H,4-5H2,1H3/t13-;11-,12-;10-,12+/m011/s1. The van der Waals surface area contributed by atoms with Gasteiger partial charge in [-0.2, -0.15) is 15.8 Å². The summed E-state index contributed by atoms with van der Waals surface area (Å²) in [5, 5.41) is 47.4. The van der Waals surface area contributed by atoms with Crippen molar-refractivity contribution in [2.75, 3.05) is 40.9 Å². The number of benzene rings is 3. The normalized spacial score (nSPS) is 23.5. The Kier molecular flexibility index (Phi) is 11.5. The number of anilines is 3. The number of nitrogens with zero attached hydrogens (tertiary/aromatic N) is 9. The number of carbonyl (C=O) groups excluding carboxylic acids is 6. The second kappa shape index (κ2) is 16.5. The third kappa shape index (κ3) is 6.84. The van der Waals surface area contributed by atoms with Gasteiger partial charge < -0.3 is 24.9 Å². The molecule has 3 aromatic carbocycles. The van der Waals surface area contributed by atoms with Crippen LogP contribution in [0.4, 0.5) is 35.8 Å². The van der Waals surface area contributed by atoms with Gasteiger partial charge in [-0.15, -0.1) is 0 Å². The first-order valence-corrected chi connectivity index (χ1v) is 20.0. The number of urea groups is 3. The third-order valence-corrected chi connectivity index (χ3v) is 12.8. The number of carbonyl (C=O) groups is 6. The van der Waals surface area contributed by atoms with Crippen LogP contribution in [0.1, 0.15) is 58.2 Å². The highest BCUT2D eigenvalue weighted by Crippen LogP contribution is 2.37. The molecule has 3 aromatic rings. The lowest BCUT2D eigenvalue weighted by atomic mass is 10.0. The first kappa shape index (κ1) is 43.2. The van der Waals surface area contributed by atoms with E-state index in [0.29, 0.717) is 43.1 Å². The molecule has 5 atom stereocenters. The minimum absolute atomic E-state index is 0.0235. The van der Waals surface area contributed by atoms with E-state index in [0.717, 1.165) is 26.6 Å². The molecule has 0 unspecified atom stereocenters. The maximum absolute atomic E-state index is 14.0. The number of hydrogen-bond donors (Lipinski definition) is 2. The maximum Gasteiger partial charge on any atom is 0.332 e. The Hall–Kier alpha value is -6.91. The minimum atomic E-state index is -1.05. The van der Waals surface area contributed by atoms with Crippen LogP contribution in [-0.2, 0) is 14.4 Å². The van der Waals surface area contributed by atoms with Gasteiger partial charge in [0.2, 0.25) is 0 Å². The van der Waals surface area contributed by atoms with Crippen LogP contribution in [0, 0.1) is 67.5 Å². The first-order valence-electron chi connectivity index (χ1n) is 19.6. The molecular formula is C43H39ClFN9O8. The molecule has 6 saturated heterocycles. The molecule has 318 valence electrons. The number of rotatable bonds is 3. The highest BCUT2D eigenvalue weighted by atomic mass is 35.5. The monoisotopic (exact) mass is 863 g/mol. The highest BCUT2D eigenvalue weighted by Gasteiger charge is 2.54. The Labute approximate surface area is 359 Å². The van der Waals surface area contributed by atoms with Crippen molar-refractivity contribution in [1.82, 2.24) is 14.7 Å². The molecule has 19 heteroatoms. The van der Waals surface area contributed by atoms with E-state index in [1.165, 1.54) is 41.0 Å². The SMILES string of the molecule is Cc1c(N2C(=O)[C@@H]3C(=O)CCN3C2=O)ccc(C#N)c1C#N.Cc1c(N2C(=O)[C@@H]3[C@H](O)CCN3C2=O)ccc(C#N)c1F.Cc1ccc(N2C[C@@H]3[C@H](O)CCN3C2=O)c(C)c1Cl. The van der Waals surface area contributed by atoms with E-state index in [1.807, 2.05) is 38.1 Å². The number of imide groups is 2. The Bertz CT molecular complexity index is 2620. The van der Waals surface area contributed by atoms with Crippen LogP contribution in [-0.4, -0.2) is 117 Å². The molecule has 0 aromatic heterocycles. The quantitative estimate of drug-likeness (QED) is 0.281. The highest BCUT2D eigenvalue weighted by molar-refractivity contribution is 6.32. The van der Waals surface area contributed by atoms with Gasteiger partial charge >= 0.3 is 18.1 Å². The topological polar surface area (TPSA) is 234 Å². The molecule has 9 rings (SSSR count). The summed E-state index contributed by atoms with van der Waals surface area (Å²) in [4.78, 5) is 81.4. The molecule has 62 heavy (non-hydrogen) atoms. The summed E-state index contributed by atoms with van der Waals surface area (Å²) in [6.45, 7) is 8.56. The van der Waals surface area contributed by atoms with E-state index in [1.54, 1.807) is 22.8 Å². The van der Waals surface area contributed by atoms with Crippen molar-refractivity contribution >= 4 is 64.4 Å². The van der Waals surface area contributed by atoms with E-state index < -0.39 is 54.0 Å². The predicted octanol–water partition coefficient (Wildman–Crippen LogP) is 4.09. The van der Waals surface area contributed by atoms with E-state index >= 15 is 0 Å². The summed E-state index contributed by atoms with van der Waals surface area (Å²) in [5.41, 5.74) is 3.73. The summed E-state index contributed by atoms with van der Waals surface area (Å²) in [6.07, 6.45) is -0.0782. The molecule has 17 nitrogen and oxygen atoms in total. The molecule has 6 fully saturated rings. The number of aliphatic hydroxyl groups excluding tert-OH is 2. The molecule has 0 bridgehead atoms. The molecule has 2 N–H and O–H groups in total. The summed E-state index contributed by atoms with van der Waals surface area (Å²) < 4.78 is 14.0. The van der Waals surface area contributed by atoms with Crippen LogP contribution < -0.4 is 14.7 Å². The molecule has 6 aliphatic rings. The van der Waals surface area contributed by atoms with Crippen LogP contribution in [0.5, 0.6) is 0 Å². The van der Waals surface area contributed by atoms with Crippen molar-refractivity contribution in [1.29, 1.82) is 15.8 Å². The van der Waals surface area contributed by atoms with Gasteiger partial charge in [-0.25, -0.2) is 28.6 Å². The van der Waals surface area contributed by atoms with Crippen LogP contribution in [0.3, 0.4) is 0 Å². The van der Waals surface area contributed by atoms with Gasteiger partial charge in [-0.1, -0.05) is 17.7 Å². The Morgan fingerprint density at radius 1 is 0.661 bits per heavy atom. The maximum atomic E-state index is 14.0. The molecule has 0 radical (unpaired) electrons. The lowest BCUT2D eigenvalue weighted by Crippen LogP contribution is -2.36. The van der Waals surface area contributed by atoms with E-state index in [9.17, 15) is 48.6 Å². The third-order valence-electron chi connectivity index (χ3n) is 12.2. The van der Waals surface area contributed by atoms with E-state index in [2.05, 4.69) is 0 Å². The summed E-state index contributed by atoms with van der Waals surface area (Å²) in [7, 11) is 0. The van der Waals surface area contributed by atoms with Crippen molar-refractivity contribution in [2.24, 2.45) is 0 Å². The summed E-state index contributed by atoms with van der Waals surface area (Å²) in [5.74, 6) is -2.17. The second-order valence-electron chi connectivity index (χ2n) is 15.6. The number of Topliss-reactive ketones (excluding diaryl/α,β-unsaturated/α-hetero) is 1. The Morgan fingerprint density at radius 3 is 1.85 bits per heavy atom. The fourth-order valence-corrected chi connectivity index (χ4v) is 8.94. The number of aliphatic hydroxyl groups is 2. The van der Waals surface area contributed by atoms with Crippen molar-refractivity contribution in [3.8, 4) is 18.2 Å². The zero-order valence-corrected chi connectivity index (χ0v) is 34.7. The van der Waals surface area contributed by atoms with Crippen molar-refractivity contribution < 1.29 is 43.4 Å². The number of aryl methyl sites for hydroxylation is 1. The van der Waals surface area contributed by atoms with Crippen molar-refractivity contribution in [2.45, 2.75) is 77.3 Å². The number of nitriles is 3. The fourth-order valence-electron chi connectivity index (χ4n) is 8.78. The van der Waals surface area contributed by atoms with Gasteiger partial charge in [0.1, 0.15) is 30.1 Å². The lowest BCUT2D eigenvalue weighted by molar-refractivity contribution is -0.127. The summed E-state index contributed by atoms with van der Waals surface area (Å²) in [6, 6.07) is 11.7. The van der Waals surface area contributed by atoms with Gasteiger partial charge in [-0.05, 0) is 87.6 Å². The number of fused-ring (bicyclic) bond motifs is 3. The molecule has 6 aliphatic heterocycles. The van der Waals surface area contributed by atoms with Crippen LogP contribution >= 0.6 is 11.6 Å². The number of halogens is 2. The lowest BCUT2D eigenvalue weighted by Gasteiger charge is -2.20. The molecule has 0 saturated carbocycles. The molecule has 0 spiro atoms. The van der Waals surface area contributed by atoms with Gasteiger partial charge in [0.25, 0.3) is 11.8 Å². The molecular weight excluding hydrogens is 825 g/mol. The largest absolute Gasteiger partial charge is 0.391 e. The van der Waals surface area contributed by atoms with Gasteiger partial charge in [0.15, 0.2) is 11.8 Å². The van der Waals surface area contributed by atoms with Crippen molar-refractivity contribution in [3.63, 3.8) is 0 Å². The van der Waals surface area contributed by atoms with Crippen molar-refractivity contribution in [3.05, 3.63) is 86.2 Å². The predicted molar refractivity (Wildman–Crippen MR) is 218 cm³/mol. The zero-order chi connectivity index (χ0) is 45.1. The van der Waals surface area contributed by atoms with Crippen LogP contribution in [0.2, 0.25) is 5.02 Å². The van der Waals surface area contributed by atoms with Gasteiger partial charge in [0, 0.05) is 42.3 Å².